The van der Waals surface area contributed by atoms with E-state index < -0.39 is 21.3 Å². The highest BCUT2D eigenvalue weighted by atomic mass is 32.2. The van der Waals surface area contributed by atoms with Gasteiger partial charge in [-0.3, -0.25) is 0 Å². The molecule has 0 aliphatic carbocycles. The topological polar surface area (TPSA) is 93.2 Å². The summed E-state index contributed by atoms with van der Waals surface area (Å²) in [7, 11) is -4.04. The molecule has 0 bridgehead atoms. The van der Waals surface area contributed by atoms with Gasteiger partial charge in [-0.25, -0.2) is 17.9 Å². The van der Waals surface area contributed by atoms with Crippen LogP contribution in [0.25, 0.3) is 0 Å². The highest BCUT2D eigenvalue weighted by Crippen LogP contribution is 2.25. The largest absolute Gasteiger partial charge is 0.492 e. The van der Waals surface area contributed by atoms with Gasteiger partial charge in [-0.15, -0.1) is 0 Å². The molecule has 2 N–H and O–H groups in total. The van der Waals surface area contributed by atoms with Crippen molar-refractivity contribution < 1.29 is 17.5 Å². The summed E-state index contributed by atoms with van der Waals surface area (Å²) >= 11 is 0. The van der Waals surface area contributed by atoms with Crippen LogP contribution >= 0.6 is 0 Å². The summed E-state index contributed by atoms with van der Waals surface area (Å²) in [6.07, 6.45) is 1.18. The number of ether oxygens (including phenoxy) is 1. The van der Waals surface area contributed by atoms with Crippen molar-refractivity contribution >= 4 is 10.0 Å². The van der Waals surface area contributed by atoms with Crippen molar-refractivity contribution in [3.05, 3.63) is 24.0 Å². The van der Waals surface area contributed by atoms with E-state index in [1.54, 1.807) is 13.8 Å². The van der Waals surface area contributed by atoms with E-state index in [9.17, 15) is 12.8 Å². The highest BCUT2D eigenvalue weighted by molar-refractivity contribution is 7.89. The fourth-order valence-electron chi connectivity index (χ4n) is 1.58. The highest BCUT2D eigenvalue weighted by Gasteiger charge is 2.18. The SMILES string of the molecule is CC(C)(C#N)CCCOc1ccc(F)cc1S(N)(=O)=O. The van der Waals surface area contributed by atoms with Crippen LogP contribution in [0, 0.1) is 22.6 Å². The van der Waals surface area contributed by atoms with Crippen LogP contribution in [0.5, 0.6) is 5.75 Å². The molecule has 0 aliphatic heterocycles. The summed E-state index contributed by atoms with van der Waals surface area (Å²) < 4.78 is 41.0. The van der Waals surface area contributed by atoms with Gasteiger partial charge in [-0.05, 0) is 44.9 Å². The van der Waals surface area contributed by atoms with Crippen LogP contribution in [0.1, 0.15) is 26.7 Å². The van der Waals surface area contributed by atoms with Crippen molar-refractivity contribution in [3.8, 4) is 11.8 Å². The van der Waals surface area contributed by atoms with Gasteiger partial charge in [0, 0.05) is 0 Å². The lowest BCUT2D eigenvalue weighted by Gasteiger charge is -2.15. The zero-order chi connectivity index (χ0) is 15.4. The predicted octanol–water partition coefficient (Wildman–Crippen LogP) is 2.18. The molecule has 7 heteroatoms. The Labute approximate surface area is 118 Å². The first kappa shape index (κ1) is 16.4. The molecule has 0 atom stereocenters. The van der Waals surface area contributed by atoms with Gasteiger partial charge >= 0.3 is 0 Å². The number of benzene rings is 1. The first-order chi connectivity index (χ1) is 9.15. The Morgan fingerprint density at radius 1 is 1.45 bits per heavy atom. The zero-order valence-corrected chi connectivity index (χ0v) is 12.2. The van der Waals surface area contributed by atoms with Gasteiger partial charge in [0.15, 0.2) is 0 Å². The Bertz CT molecular complexity index is 621. The van der Waals surface area contributed by atoms with Gasteiger partial charge in [0.1, 0.15) is 16.5 Å². The zero-order valence-electron chi connectivity index (χ0n) is 11.4. The fourth-order valence-corrected chi connectivity index (χ4v) is 2.26. The number of primary sulfonamides is 1. The summed E-state index contributed by atoms with van der Waals surface area (Å²) in [6.45, 7) is 3.83. The fraction of sp³-hybridized carbons (Fsp3) is 0.462. The molecule has 5 nitrogen and oxygen atoms in total. The quantitative estimate of drug-likeness (QED) is 0.815. The molecule has 20 heavy (non-hydrogen) atoms. The molecular weight excluding hydrogens is 283 g/mol. The first-order valence-electron chi connectivity index (χ1n) is 6.02. The molecule has 0 fully saturated rings. The van der Waals surface area contributed by atoms with Crippen molar-refractivity contribution in [2.75, 3.05) is 6.61 Å². The smallest absolute Gasteiger partial charge is 0.241 e. The summed E-state index contributed by atoms with van der Waals surface area (Å²) in [5.41, 5.74) is -0.463. The van der Waals surface area contributed by atoms with Crippen LogP contribution in [0.3, 0.4) is 0 Å². The minimum Gasteiger partial charge on any atom is -0.492 e. The number of halogens is 1. The van der Waals surface area contributed by atoms with Crippen LogP contribution < -0.4 is 9.88 Å². The lowest BCUT2D eigenvalue weighted by Crippen LogP contribution is -2.15. The van der Waals surface area contributed by atoms with Crippen LogP contribution in [-0.2, 0) is 10.0 Å². The minimum absolute atomic E-state index is 0.0173. The van der Waals surface area contributed by atoms with Crippen molar-refractivity contribution in [3.63, 3.8) is 0 Å². The van der Waals surface area contributed by atoms with Crippen molar-refractivity contribution in [1.82, 2.24) is 0 Å². The van der Waals surface area contributed by atoms with E-state index in [0.717, 1.165) is 12.1 Å². The number of hydrogen-bond donors (Lipinski definition) is 1. The molecule has 0 heterocycles. The van der Waals surface area contributed by atoms with Crippen molar-refractivity contribution in [1.29, 1.82) is 5.26 Å². The maximum Gasteiger partial charge on any atom is 0.241 e. The van der Waals surface area contributed by atoms with Crippen LogP contribution in [-0.4, -0.2) is 15.0 Å². The molecule has 1 rings (SSSR count). The minimum atomic E-state index is -4.04. The number of nitrogens with two attached hydrogens (primary N) is 1. The van der Waals surface area contributed by atoms with Gasteiger partial charge in [0.2, 0.25) is 10.0 Å². The number of nitriles is 1. The molecule has 0 aromatic heterocycles. The van der Waals surface area contributed by atoms with E-state index >= 15 is 0 Å². The standard InChI is InChI=1S/C13H17FN2O3S/c1-13(2,9-15)6-3-7-19-11-5-4-10(14)8-12(11)20(16,17)18/h4-5,8H,3,6-7H2,1-2H3,(H2,16,17,18). The number of rotatable bonds is 6. The monoisotopic (exact) mass is 300 g/mol. The van der Waals surface area contributed by atoms with Crippen molar-refractivity contribution in [2.45, 2.75) is 31.6 Å². The molecule has 0 aliphatic rings. The average Bonchev–Trinajstić information content (AvgIpc) is 2.35. The Morgan fingerprint density at radius 2 is 2.10 bits per heavy atom. The lowest BCUT2D eigenvalue weighted by molar-refractivity contribution is 0.278. The molecule has 0 unspecified atom stereocenters. The van der Waals surface area contributed by atoms with Crippen LogP contribution in [0.15, 0.2) is 23.1 Å². The Kier molecular flexibility index (Phi) is 5.09. The molecular formula is C13H17FN2O3S. The summed E-state index contributed by atoms with van der Waals surface area (Å²) in [5.74, 6) is -0.685. The van der Waals surface area contributed by atoms with E-state index in [2.05, 4.69) is 6.07 Å². The number of nitrogens with zero attached hydrogens (tertiary/aromatic N) is 1. The van der Waals surface area contributed by atoms with Crippen LogP contribution in [0.4, 0.5) is 4.39 Å². The molecule has 0 saturated heterocycles. The third-order valence-corrected chi connectivity index (χ3v) is 3.65. The number of hydrogen-bond acceptors (Lipinski definition) is 4. The molecule has 0 saturated carbocycles. The van der Waals surface area contributed by atoms with Gasteiger partial charge in [-0.1, -0.05) is 0 Å². The second-order valence-electron chi connectivity index (χ2n) is 5.08. The Balaban J connectivity index is 2.73. The summed E-state index contributed by atoms with van der Waals surface area (Å²) in [4.78, 5) is -0.378. The van der Waals surface area contributed by atoms with Gasteiger partial charge in [0.05, 0.1) is 18.1 Å². The molecule has 0 spiro atoms. The van der Waals surface area contributed by atoms with Gasteiger partial charge in [0.25, 0.3) is 0 Å². The second-order valence-corrected chi connectivity index (χ2v) is 6.61. The lowest BCUT2D eigenvalue weighted by atomic mass is 9.90. The average molecular weight is 300 g/mol. The molecule has 0 radical (unpaired) electrons. The van der Waals surface area contributed by atoms with E-state index in [-0.39, 0.29) is 17.3 Å². The third-order valence-electron chi connectivity index (χ3n) is 2.72. The van der Waals surface area contributed by atoms with E-state index in [0.29, 0.717) is 12.8 Å². The van der Waals surface area contributed by atoms with E-state index in [1.165, 1.54) is 6.07 Å². The Hall–Kier alpha value is -1.65. The molecule has 110 valence electrons. The maximum absolute atomic E-state index is 13.1. The maximum atomic E-state index is 13.1. The molecule has 1 aromatic carbocycles. The molecule has 0 amide bonds. The van der Waals surface area contributed by atoms with E-state index in [4.69, 9.17) is 15.1 Å². The Morgan fingerprint density at radius 3 is 2.65 bits per heavy atom. The van der Waals surface area contributed by atoms with E-state index in [1.807, 2.05) is 0 Å². The summed E-state index contributed by atoms with van der Waals surface area (Å²) in [6, 6.07) is 5.31. The predicted molar refractivity (Wildman–Crippen MR) is 71.9 cm³/mol. The summed E-state index contributed by atoms with van der Waals surface area (Å²) in [5, 5.41) is 13.9. The second kappa shape index (κ2) is 6.20. The van der Waals surface area contributed by atoms with Gasteiger partial charge in [-0.2, -0.15) is 5.26 Å². The van der Waals surface area contributed by atoms with Crippen molar-refractivity contribution in [2.24, 2.45) is 10.6 Å². The normalized spacial score (nSPS) is 11.9. The van der Waals surface area contributed by atoms with Gasteiger partial charge < -0.3 is 4.74 Å². The first-order valence-corrected chi connectivity index (χ1v) is 7.57. The van der Waals surface area contributed by atoms with Crippen LogP contribution in [0.2, 0.25) is 0 Å². The third kappa shape index (κ3) is 4.79. The molecule has 1 aromatic rings. The number of sulfonamides is 1.